The fourth-order valence-electron chi connectivity index (χ4n) is 2.87. The van der Waals surface area contributed by atoms with Gasteiger partial charge in [-0.2, -0.15) is 0 Å². The molecule has 2 heterocycles. The number of aromatic nitrogens is 1. The summed E-state index contributed by atoms with van der Waals surface area (Å²) in [5.41, 5.74) is 2.51. The van der Waals surface area contributed by atoms with E-state index in [1.54, 1.807) is 0 Å². The summed E-state index contributed by atoms with van der Waals surface area (Å²) in [5, 5.41) is 2.78. The van der Waals surface area contributed by atoms with Crippen LogP contribution in [0.25, 0.3) is 11.3 Å². The van der Waals surface area contributed by atoms with Crippen molar-refractivity contribution in [2.75, 3.05) is 38.5 Å². The number of carbonyl (C=O) groups is 1. The molecule has 1 aliphatic heterocycles. The molecule has 0 spiro atoms. The number of aromatic amines is 1. The summed E-state index contributed by atoms with van der Waals surface area (Å²) < 4.78 is 0. The van der Waals surface area contributed by atoms with Gasteiger partial charge in [0.25, 0.3) is 0 Å². The van der Waals surface area contributed by atoms with Crippen LogP contribution in [0.15, 0.2) is 29.1 Å². The fourth-order valence-corrected chi connectivity index (χ4v) is 3.76. The number of amides is 1. The minimum absolute atomic E-state index is 0.0425. The van der Waals surface area contributed by atoms with Crippen LogP contribution in [0.2, 0.25) is 0 Å². The second kappa shape index (κ2) is 7.29. The van der Waals surface area contributed by atoms with E-state index in [1.807, 2.05) is 24.3 Å². The molecule has 2 N–H and O–H groups in total. The van der Waals surface area contributed by atoms with Crippen molar-refractivity contribution in [3.05, 3.63) is 38.8 Å². The molecule has 1 aromatic heterocycles. The van der Waals surface area contributed by atoms with Gasteiger partial charge in [0, 0.05) is 55.8 Å². The van der Waals surface area contributed by atoms with Gasteiger partial charge in [-0.1, -0.05) is 23.5 Å². The molecule has 128 valence electrons. The summed E-state index contributed by atoms with van der Waals surface area (Å²) >= 11 is 1.27. The lowest BCUT2D eigenvalue weighted by Gasteiger charge is -2.32. The van der Waals surface area contributed by atoms with Gasteiger partial charge < -0.3 is 15.2 Å². The highest BCUT2D eigenvalue weighted by atomic mass is 32.1. The number of nitrogens with zero attached hydrogens (tertiary/aromatic N) is 2. The molecule has 0 saturated carbocycles. The molecular formula is C17H22N4O2S. The zero-order valence-corrected chi connectivity index (χ0v) is 14.8. The number of likely N-dealkylation sites (N-methyl/N-ethyl adjacent to an activating group) is 1. The number of rotatable bonds is 4. The molecule has 2 aromatic rings. The highest BCUT2D eigenvalue weighted by molar-refractivity contribution is 7.09. The van der Waals surface area contributed by atoms with Gasteiger partial charge in [0.2, 0.25) is 5.91 Å². The van der Waals surface area contributed by atoms with E-state index in [9.17, 15) is 9.59 Å². The van der Waals surface area contributed by atoms with Gasteiger partial charge in [0.15, 0.2) is 0 Å². The highest BCUT2D eigenvalue weighted by Gasteiger charge is 2.18. The third kappa shape index (κ3) is 4.11. The van der Waals surface area contributed by atoms with E-state index in [0.717, 1.165) is 54.5 Å². The number of anilines is 1. The molecule has 1 saturated heterocycles. The first-order valence-corrected chi connectivity index (χ1v) is 8.84. The molecule has 0 bridgehead atoms. The van der Waals surface area contributed by atoms with E-state index in [-0.39, 0.29) is 10.8 Å². The van der Waals surface area contributed by atoms with Crippen molar-refractivity contribution in [3.63, 3.8) is 0 Å². The number of piperazine rings is 1. The van der Waals surface area contributed by atoms with Crippen molar-refractivity contribution < 1.29 is 4.79 Å². The van der Waals surface area contributed by atoms with Gasteiger partial charge in [0.1, 0.15) is 0 Å². The largest absolute Gasteiger partial charge is 0.326 e. The summed E-state index contributed by atoms with van der Waals surface area (Å²) in [5.74, 6) is -0.108. The van der Waals surface area contributed by atoms with Crippen LogP contribution >= 0.6 is 11.3 Å². The molecule has 1 amide bonds. The predicted octanol–water partition coefficient (Wildman–Crippen LogP) is 1.81. The maximum absolute atomic E-state index is 11.9. The van der Waals surface area contributed by atoms with Crippen LogP contribution in [0.1, 0.15) is 11.8 Å². The molecule has 7 heteroatoms. The summed E-state index contributed by atoms with van der Waals surface area (Å²) in [6, 6.07) is 7.58. The van der Waals surface area contributed by atoms with Crippen molar-refractivity contribution in [1.82, 2.24) is 14.8 Å². The Balaban J connectivity index is 1.84. The van der Waals surface area contributed by atoms with Crippen molar-refractivity contribution >= 4 is 22.9 Å². The number of benzene rings is 1. The Bertz CT molecular complexity index is 775. The predicted molar refractivity (Wildman–Crippen MR) is 97.5 cm³/mol. The molecule has 0 aliphatic carbocycles. The standard InChI is InChI=1S/C17H22N4O2S/c1-12(22)18-14-5-3-4-13(10-14)16-15(24-17(23)19-16)11-21-8-6-20(2)7-9-21/h3-5,10H,6-9,11H2,1-2H3,(H,18,22)(H,19,23). The van der Waals surface area contributed by atoms with Crippen LogP contribution in [0.3, 0.4) is 0 Å². The fraction of sp³-hybridized carbons (Fsp3) is 0.412. The average molecular weight is 346 g/mol. The van der Waals surface area contributed by atoms with Gasteiger partial charge >= 0.3 is 4.87 Å². The number of carbonyl (C=O) groups excluding carboxylic acids is 1. The first kappa shape index (κ1) is 16.9. The summed E-state index contributed by atoms with van der Waals surface area (Å²) in [6.07, 6.45) is 0. The Hall–Kier alpha value is -1.96. The minimum atomic E-state index is -0.108. The first-order valence-electron chi connectivity index (χ1n) is 8.02. The number of nitrogens with one attached hydrogen (secondary N) is 2. The van der Waals surface area contributed by atoms with Crippen LogP contribution < -0.4 is 10.2 Å². The van der Waals surface area contributed by atoms with Crippen molar-refractivity contribution in [3.8, 4) is 11.3 Å². The Labute approximate surface area is 145 Å². The Morgan fingerprint density at radius 1 is 1.29 bits per heavy atom. The lowest BCUT2D eigenvalue weighted by Crippen LogP contribution is -2.43. The van der Waals surface area contributed by atoms with E-state index in [0.29, 0.717) is 0 Å². The second-order valence-electron chi connectivity index (χ2n) is 6.15. The molecule has 0 radical (unpaired) electrons. The maximum atomic E-state index is 11.9. The summed E-state index contributed by atoms with van der Waals surface area (Å²) in [6.45, 7) is 6.37. The number of thiazole rings is 1. The molecule has 3 rings (SSSR count). The molecule has 1 aromatic carbocycles. The van der Waals surface area contributed by atoms with Crippen LogP contribution in [0.4, 0.5) is 5.69 Å². The first-order chi connectivity index (χ1) is 11.5. The molecule has 1 aliphatic rings. The molecule has 1 fully saturated rings. The second-order valence-corrected chi connectivity index (χ2v) is 7.22. The molecule has 24 heavy (non-hydrogen) atoms. The molecule has 0 unspecified atom stereocenters. The number of hydrogen-bond donors (Lipinski definition) is 2. The Morgan fingerprint density at radius 2 is 2.04 bits per heavy atom. The highest BCUT2D eigenvalue weighted by Crippen LogP contribution is 2.27. The molecule has 0 atom stereocenters. The maximum Gasteiger partial charge on any atom is 0.305 e. The van der Waals surface area contributed by atoms with Crippen LogP contribution in [-0.2, 0) is 11.3 Å². The summed E-state index contributed by atoms with van der Waals surface area (Å²) in [4.78, 5) is 31.8. The topological polar surface area (TPSA) is 68.4 Å². The molecular weight excluding hydrogens is 324 g/mol. The van der Waals surface area contributed by atoms with Crippen LogP contribution in [-0.4, -0.2) is 53.9 Å². The third-order valence-electron chi connectivity index (χ3n) is 4.16. The van der Waals surface area contributed by atoms with Gasteiger partial charge in [-0.3, -0.25) is 14.5 Å². The van der Waals surface area contributed by atoms with Crippen LogP contribution in [0.5, 0.6) is 0 Å². The zero-order chi connectivity index (χ0) is 17.1. The van der Waals surface area contributed by atoms with E-state index in [1.165, 1.54) is 18.3 Å². The normalized spacial score (nSPS) is 16.2. The van der Waals surface area contributed by atoms with E-state index in [2.05, 4.69) is 27.1 Å². The quantitative estimate of drug-likeness (QED) is 0.886. The lowest BCUT2D eigenvalue weighted by molar-refractivity contribution is -0.114. The smallest absolute Gasteiger partial charge is 0.305 e. The zero-order valence-electron chi connectivity index (χ0n) is 14.0. The number of H-pyrrole nitrogens is 1. The minimum Gasteiger partial charge on any atom is -0.326 e. The van der Waals surface area contributed by atoms with Gasteiger partial charge in [0.05, 0.1) is 5.69 Å². The van der Waals surface area contributed by atoms with Crippen molar-refractivity contribution in [2.45, 2.75) is 13.5 Å². The SMILES string of the molecule is CC(=O)Nc1cccc(-c2[nH]c(=O)sc2CN2CCN(C)CC2)c1. The summed E-state index contributed by atoms with van der Waals surface area (Å²) in [7, 11) is 2.13. The Kier molecular flexibility index (Phi) is 5.13. The van der Waals surface area contributed by atoms with E-state index >= 15 is 0 Å². The van der Waals surface area contributed by atoms with Gasteiger partial charge in [-0.05, 0) is 19.2 Å². The van der Waals surface area contributed by atoms with Gasteiger partial charge in [-0.25, -0.2) is 0 Å². The average Bonchev–Trinajstić information content (AvgIpc) is 2.90. The Morgan fingerprint density at radius 3 is 2.75 bits per heavy atom. The van der Waals surface area contributed by atoms with E-state index in [4.69, 9.17) is 0 Å². The van der Waals surface area contributed by atoms with Crippen LogP contribution in [0, 0.1) is 0 Å². The van der Waals surface area contributed by atoms with E-state index < -0.39 is 0 Å². The molecule has 6 nitrogen and oxygen atoms in total. The van der Waals surface area contributed by atoms with Gasteiger partial charge in [-0.15, -0.1) is 0 Å². The monoisotopic (exact) mass is 346 g/mol. The van der Waals surface area contributed by atoms with Crippen molar-refractivity contribution in [2.24, 2.45) is 0 Å². The van der Waals surface area contributed by atoms with Crippen molar-refractivity contribution in [1.29, 1.82) is 0 Å². The third-order valence-corrected chi connectivity index (χ3v) is 5.02. The number of hydrogen-bond acceptors (Lipinski definition) is 5. The lowest BCUT2D eigenvalue weighted by atomic mass is 10.1.